The average molecular weight is 315 g/mol. The Morgan fingerprint density at radius 2 is 1.79 bits per heavy atom. The van der Waals surface area contributed by atoms with Crippen molar-refractivity contribution in [3.05, 3.63) is 65.3 Å². The van der Waals surface area contributed by atoms with E-state index in [0.29, 0.717) is 0 Å². The molecule has 3 nitrogen and oxygen atoms in total. The molecule has 0 atom stereocenters. The Morgan fingerprint density at radius 1 is 1.00 bits per heavy atom. The number of nitrogens with zero attached hydrogens (tertiary/aromatic N) is 2. The molecule has 0 aliphatic heterocycles. The van der Waals surface area contributed by atoms with Gasteiger partial charge in [0.1, 0.15) is 5.75 Å². The summed E-state index contributed by atoms with van der Waals surface area (Å²) in [6.45, 7) is 0. The molecule has 0 saturated heterocycles. The Kier molecular flexibility index (Phi) is 3.09. The highest BCUT2D eigenvalue weighted by molar-refractivity contribution is 9.10. The van der Waals surface area contributed by atoms with E-state index >= 15 is 0 Å². The van der Waals surface area contributed by atoms with Crippen molar-refractivity contribution >= 4 is 15.9 Å². The zero-order valence-electron chi connectivity index (χ0n) is 9.99. The molecule has 1 heterocycles. The summed E-state index contributed by atoms with van der Waals surface area (Å²) in [6.07, 6.45) is 1.72. The third-order valence-electron chi connectivity index (χ3n) is 2.88. The van der Waals surface area contributed by atoms with E-state index in [0.717, 1.165) is 21.4 Å². The van der Waals surface area contributed by atoms with Crippen LogP contribution in [-0.2, 0) is 0 Å². The van der Waals surface area contributed by atoms with Crippen LogP contribution in [-0.4, -0.2) is 14.9 Å². The number of aromatic nitrogens is 2. The van der Waals surface area contributed by atoms with Crippen LogP contribution in [0.25, 0.3) is 16.9 Å². The van der Waals surface area contributed by atoms with Crippen LogP contribution in [0.15, 0.2) is 65.3 Å². The molecule has 0 saturated carbocycles. The lowest BCUT2D eigenvalue weighted by atomic mass is 10.1. The van der Waals surface area contributed by atoms with E-state index in [1.807, 2.05) is 53.2 Å². The standard InChI is InChI=1S/C15H11BrN2O/c16-11-6-7-15(19)13(10-11)14-8-9-17-18(14)12-4-2-1-3-5-12/h1-10,19H. The molecule has 0 radical (unpaired) electrons. The van der Waals surface area contributed by atoms with Gasteiger partial charge in [-0.2, -0.15) is 5.10 Å². The average Bonchev–Trinajstić information content (AvgIpc) is 2.91. The monoisotopic (exact) mass is 314 g/mol. The third-order valence-corrected chi connectivity index (χ3v) is 3.37. The highest BCUT2D eigenvalue weighted by Crippen LogP contribution is 2.32. The molecular weight excluding hydrogens is 304 g/mol. The molecule has 0 unspecified atom stereocenters. The summed E-state index contributed by atoms with van der Waals surface area (Å²) in [7, 11) is 0. The first-order valence-electron chi connectivity index (χ1n) is 5.84. The number of para-hydroxylation sites is 1. The normalized spacial score (nSPS) is 10.6. The Labute approximate surface area is 119 Å². The largest absolute Gasteiger partial charge is 0.507 e. The topological polar surface area (TPSA) is 38.1 Å². The summed E-state index contributed by atoms with van der Waals surface area (Å²) < 4.78 is 2.72. The first kappa shape index (κ1) is 12.0. The Balaban J connectivity index is 2.18. The van der Waals surface area contributed by atoms with Gasteiger partial charge in [-0.15, -0.1) is 0 Å². The van der Waals surface area contributed by atoms with Gasteiger partial charge in [-0.1, -0.05) is 34.1 Å². The third kappa shape index (κ3) is 2.27. The summed E-state index contributed by atoms with van der Waals surface area (Å²) in [4.78, 5) is 0. The fraction of sp³-hybridized carbons (Fsp3) is 0. The van der Waals surface area contributed by atoms with Gasteiger partial charge in [-0.3, -0.25) is 0 Å². The van der Waals surface area contributed by atoms with E-state index in [9.17, 15) is 5.11 Å². The van der Waals surface area contributed by atoms with E-state index in [4.69, 9.17) is 0 Å². The van der Waals surface area contributed by atoms with Gasteiger partial charge < -0.3 is 5.11 Å². The maximum Gasteiger partial charge on any atom is 0.125 e. The van der Waals surface area contributed by atoms with Crippen molar-refractivity contribution in [1.29, 1.82) is 0 Å². The zero-order chi connectivity index (χ0) is 13.2. The molecule has 94 valence electrons. The number of phenols is 1. The second kappa shape index (κ2) is 4.90. The van der Waals surface area contributed by atoms with Crippen LogP contribution in [0.2, 0.25) is 0 Å². The predicted octanol–water partition coefficient (Wildman–Crippen LogP) is 4.01. The van der Waals surface area contributed by atoms with Crippen LogP contribution in [0.5, 0.6) is 5.75 Å². The molecule has 0 aliphatic rings. The zero-order valence-corrected chi connectivity index (χ0v) is 11.6. The van der Waals surface area contributed by atoms with Gasteiger partial charge in [0.15, 0.2) is 0 Å². The summed E-state index contributed by atoms with van der Waals surface area (Å²) in [5, 5.41) is 14.3. The minimum Gasteiger partial charge on any atom is -0.507 e. The summed E-state index contributed by atoms with van der Waals surface area (Å²) in [6, 6.07) is 17.1. The van der Waals surface area contributed by atoms with Crippen molar-refractivity contribution in [2.24, 2.45) is 0 Å². The van der Waals surface area contributed by atoms with Crippen molar-refractivity contribution in [2.75, 3.05) is 0 Å². The first-order valence-corrected chi connectivity index (χ1v) is 6.63. The van der Waals surface area contributed by atoms with Crippen molar-refractivity contribution < 1.29 is 5.11 Å². The maximum atomic E-state index is 10.0. The number of rotatable bonds is 2. The van der Waals surface area contributed by atoms with Crippen molar-refractivity contribution in [1.82, 2.24) is 9.78 Å². The highest BCUT2D eigenvalue weighted by atomic mass is 79.9. The van der Waals surface area contributed by atoms with Gasteiger partial charge in [0.2, 0.25) is 0 Å². The van der Waals surface area contributed by atoms with E-state index in [-0.39, 0.29) is 5.75 Å². The number of benzene rings is 2. The molecule has 0 aliphatic carbocycles. The molecular formula is C15H11BrN2O. The van der Waals surface area contributed by atoms with Gasteiger partial charge in [-0.05, 0) is 36.4 Å². The van der Waals surface area contributed by atoms with E-state index < -0.39 is 0 Å². The van der Waals surface area contributed by atoms with Crippen molar-refractivity contribution in [3.8, 4) is 22.7 Å². The number of hydrogen-bond acceptors (Lipinski definition) is 2. The summed E-state index contributed by atoms with van der Waals surface area (Å²) >= 11 is 3.42. The second-order valence-corrected chi connectivity index (χ2v) is 5.04. The highest BCUT2D eigenvalue weighted by Gasteiger charge is 2.11. The summed E-state index contributed by atoms with van der Waals surface area (Å²) in [5.74, 6) is 0.237. The Bertz CT molecular complexity index is 707. The van der Waals surface area contributed by atoms with Gasteiger partial charge in [-0.25, -0.2) is 4.68 Å². The fourth-order valence-electron chi connectivity index (χ4n) is 2.00. The Hall–Kier alpha value is -2.07. The van der Waals surface area contributed by atoms with Gasteiger partial charge in [0, 0.05) is 10.0 Å². The van der Waals surface area contributed by atoms with E-state index in [1.165, 1.54) is 0 Å². The predicted molar refractivity (Wildman–Crippen MR) is 78.4 cm³/mol. The lowest BCUT2D eigenvalue weighted by Crippen LogP contribution is -1.98. The molecule has 0 bridgehead atoms. The van der Waals surface area contributed by atoms with Gasteiger partial charge in [0.05, 0.1) is 17.6 Å². The molecule has 4 heteroatoms. The smallest absolute Gasteiger partial charge is 0.125 e. The number of halogens is 1. The molecule has 1 N–H and O–H groups in total. The first-order chi connectivity index (χ1) is 9.25. The minimum absolute atomic E-state index is 0.237. The molecule has 0 spiro atoms. The summed E-state index contributed by atoms with van der Waals surface area (Å²) in [5.41, 5.74) is 2.56. The number of phenolic OH excluding ortho intramolecular Hbond substituents is 1. The molecule has 2 aromatic carbocycles. The van der Waals surface area contributed by atoms with Crippen LogP contribution in [0, 0.1) is 0 Å². The number of aromatic hydroxyl groups is 1. The molecule has 1 aromatic heterocycles. The number of hydrogen-bond donors (Lipinski definition) is 1. The quantitative estimate of drug-likeness (QED) is 0.776. The fourth-order valence-corrected chi connectivity index (χ4v) is 2.36. The SMILES string of the molecule is Oc1ccc(Br)cc1-c1ccnn1-c1ccccc1. The van der Waals surface area contributed by atoms with Crippen LogP contribution in [0.3, 0.4) is 0 Å². The molecule has 3 rings (SSSR count). The molecule has 3 aromatic rings. The lowest BCUT2D eigenvalue weighted by Gasteiger charge is -2.09. The van der Waals surface area contributed by atoms with Crippen molar-refractivity contribution in [2.45, 2.75) is 0 Å². The molecule has 0 amide bonds. The van der Waals surface area contributed by atoms with Crippen LogP contribution in [0.1, 0.15) is 0 Å². The second-order valence-electron chi connectivity index (χ2n) is 4.13. The Morgan fingerprint density at radius 3 is 2.58 bits per heavy atom. The minimum atomic E-state index is 0.237. The van der Waals surface area contributed by atoms with E-state index in [1.54, 1.807) is 12.3 Å². The van der Waals surface area contributed by atoms with Gasteiger partial charge in [0.25, 0.3) is 0 Å². The van der Waals surface area contributed by atoms with Crippen LogP contribution < -0.4 is 0 Å². The van der Waals surface area contributed by atoms with Crippen LogP contribution >= 0.6 is 15.9 Å². The van der Waals surface area contributed by atoms with Crippen LogP contribution in [0.4, 0.5) is 0 Å². The van der Waals surface area contributed by atoms with Crippen molar-refractivity contribution in [3.63, 3.8) is 0 Å². The molecule has 19 heavy (non-hydrogen) atoms. The maximum absolute atomic E-state index is 10.0. The lowest BCUT2D eigenvalue weighted by molar-refractivity contribution is 0.477. The van der Waals surface area contributed by atoms with Gasteiger partial charge >= 0.3 is 0 Å². The molecule has 0 fully saturated rings. The van der Waals surface area contributed by atoms with E-state index in [2.05, 4.69) is 21.0 Å².